The molecule has 0 saturated carbocycles. The van der Waals surface area contributed by atoms with Crippen LogP contribution in [0.2, 0.25) is 0 Å². The van der Waals surface area contributed by atoms with Gasteiger partial charge in [0, 0.05) is 29.1 Å². The summed E-state index contributed by atoms with van der Waals surface area (Å²) in [5, 5.41) is 12.3. The Labute approximate surface area is 215 Å². The summed E-state index contributed by atoms with van der Waals surface area (Å²) in [5.41, 5.74) is 3.17. The number of para-hydroxylation sites is 2. The summed E-state index contributed by atoms with van der Waals surface area (Å²) in [5.74, 6) is 0.682. The minimum atomic E-state index is -0.465. The molecule has 0 unspecified atom stereocenters. The molecule has 0 fully saturated rings. The Morgan fingerprint density at radius 2 is 1.89 bits per heavy atom. The molecule has 0 radical (unpaired) electrons. The first-order valence-electron chi connectivity index (χ1n) is 11.7. The topological polar surface area (TPSA) is 90.8 Å². The van der Waals surface area contributed by atoms with Crippen LogP contribution in [0, 0.1) is 0 Å². The lowest BCUT2D eigenvalue weighted by molar-refractivity contribution is 0.563. The average molecular weight is 508 g/mol. The van der Waals surface area contributed by atoms with Crippen molar-refractivity contribution in [2.45, 2.75) is 6.92 Å². The van der Waals surface area contributed by atoms with Gasteiger partial charge in [0.05, 0.1) is 23.7 Å². The van der Waals surface area contributed by atoms with E-state index in [0.717, 1.165) is 21.6 Å². The number of nitrogens with zero attached hydrogens (tertiary/aromatic N) is 5. The van der Waals surface area contributed by atoms with Crippen LogP contribution in [-0.4, -0.2) is 27.2 Å². The predicted molar refractivity (Wildman–Crippen MR) is 144 cm³/mol. The molecule has 0 aliphatic heterocycles. The molecule has 0 amide bonds. The average Bonchev–Trinajstić information content (AvgIpc) is 3.68. The molecule has 0 spiro atoms. The Morgan fingerprint density at radius 1 is 1.05 bits per heavy atom. The zero-order valence-electron chi connectivity index (χ0n) is 19.8. The molecular weight excluding hydrogens is 486 g/mol. The Bertz CT molecular complexity index is 1840. The van der Waals surface area contributed by atoms with E-state index in [4.69, 9.17) is 19.0 Å². The lowest BCUT2D eigenvalue weighted by atomic mass is 10.1. The molecule has 8 nitrogen and oxygen atoms in total. The van der Waals surface area contributed by atoms with Gasteiger partial charge in [0.2, 0.25) is 4.80 Å². The van der Waals surface area contributed by atoms with Gasteiger partial charge in [-0.15, -0.1) is 11.3 Å². The molecule has 182 valence electrons. The summed E-state index contributed by atoms with van der Waals surface area (Å²) in [6, 6.07) is 22.6. The molecule has 9 heteroatoms. The van der Waals surface area contributed by atoms with E-state index in [9.17, 15) is 4.79 Å². The van der Waals surface area contributed by atoms with E-state index < -0.39 is 5.63 Å². The van der Waals surface area contributed by atoms with Gasteiger partial charge in [0.1, 0.15) is 17.0 Å². The molecule has 0 saturated heterocycles. The molecule has 2 aromatic carbocycles. The maximum absolute atomic E-state index is 13.0. The lowest BCUT2D eigenvalue weighted by Crippen LogP contribution is -2.12. The largest absolute Gasteiger partial charge is 0.463 e. The fourth-order valence-electron chi connectivity index (χ4n) is 4.00. The highest BCUT2D eigenvalue weighted by Crippen LogP contribution is 2.25. The highest BCUT2D eigenvalue weighted by atomic mass is 32.1. The third-order valence-electron chi connectivity index (χ3n) is 5.72. The molecule has 6 aromatic rings. The highest BCUT2D eigenvalue weighted by Gasteiger charge is 2.17. The van der Waals surface area contributed by atoms with Crippen LogP contribution in [0.1, 0.15) is 12.5 Å². The standard InChI is InChI=1S/C28H21N5O3S/c1-2-29-28-33(23(18-37-28)25-13-8-14-35-25)30-16-20-17-32(21-10-4-3-5-11-21)31-26(20)22-15-19-9-6-7-12-24(19)36-27(22)34/h3-18H,2H2,1H3. The van der Waals surface area contributed by atoms with Crippen LogP contribution < -0.4 is 10.4 Å². The van der Waals surface area contributed by atoms with Gasteiger partial charge < -0.3 is 8.83 Å². The summed E-state index contributed by atoms with van der Waals surface area (Å²) in [7, 11) is 0. The van der Waals surface area contributed by atoms with Crippen LogP contribution in [0.25, 0.3) is 39.4 Å². The predicted octanol–water partition coefficient (Wildman–Crippen LogP) is 5.57. The van der Waals surface area contributed by atoms with E-state index in [0.29, 0.717) is 34.7 Å². The Kier molecular flexibility index (Phi) is 5.95. The summed E-state index contributed by atoms with van der Waals surface area (Å²) in [4.78, 5) is 18.3. The van der Waals surface area contributed by atoms with Gasteiger partial charge in [0.25, 0.3) is 0 Å². The zero-order chi connectivity index (χ0) is 25.2. The van der Waals surface area contributed by atoms with Crippen molar-refractivity contribution in [2.24, 2.45) is 10.1 Å². The normalized spacial score (nSPS) is 12.2. The number of furan rings is 1. The van der Waals surface area contributed by atoms with Crippen LogP contribution >= 0.6 is 11.3 Å². The van der Waals surface area contributed by atoms with Crippen LogP contribution in [0.5, 0.6) is 0 Å². The number of aromatic nitrogens is 3. The second kappa shape index (κ2) is 9.71. The SMILES string of the molecule is CCN=c1scc(-c2ccco2)n1N=Cc1cn(-c2ccccc2)nc1-c1cc2ccccc2oc1=O. The zero-order valence-corrected chi connectivity index (χ0v) is 20.6. The molecule has 4 heterocycles. The summed E-state index contributed by atoms with van der Waals surface area (Å²) >= 11 is 1.48. The first kappa shape index (κ1) is 22.7. The number of fused-ring (bicyclic) bond motifs is 1. The van der Waals surface area contributed by atoms with Crippen LogP contribution in [0.15, 0.2) is 114 Å². The number of benzene rings is 2. The van der Waals surface area contributed by atoms with Crippen molar-refractivity contribution in [1.82, 2.24) is 14.5 Å². The summed E-state index contributed by atoms with van der Waals surface area (Å²) < 4.78 is 14.7. The lowest BCUT2D eigenvalue weighted by Gasteiger charge is -2.02. The summed E-state index contributed by atoms with van der Waals surface area (Å²) in [6.07, 6.45) is 5.15. The fraction of sp³-hybridized carbons (Fsp3) is 0.0714. The smallest absolute Gasteiger partial charge is 0.345 e. The number of thiazole rings is 1. The highest BCUT2D eigenvalue weighted by molar-refractivity contribution is 7.07. The van der Waals surface area contributed by atoms with Crippen LogP contribution in [0.4, 0.5) is 0 Å². The Hall–Kier alpha value is -4.76. The third-order valence-corrected chi connectivity index (χ3v) is 6.58. The second-order valence-corrected chi connectivity index (χ2v) is 8.95. The number of hydrogen-bond acceptors (Lipinski definition) is 7. The molecule has 4 aromatic heterocycles. The van der Waals surface area contributed by atoms with Gasteiger partial charge in [-0.1, -0.05) is 36.4 Å². The molecule has 0 bridgehead atoms. The van der Waals surface area contributed by atoms with E-state index in [1.54, 1.807) is 34.0 Å². The molecule has 6 rings (SSSR count). The van der Waals surface area contributed by atoms with Crippen molar-refractivity contribution in [2.75, 3.05) is 6.54 Å². The van der Waals surface area contributed by atoms with Crippen molar-refractivity contribution in [3.05, 3.63) is 111 Å². The molecule has 0 aliphatic rings. The van der Waals surface area contributed by atoms with E-state index in [2.05, 4.69) is 4.99 Å². The monoisotopic (exact) mass is 507 g/mol. The maximum atomic E-state index is 13.0. The van der Waals surface area contributed by atoms with Gasteiger partial charge >= 0.3 is 5.63 Å². The van der Waals surface area contributed by atoms with Gasteiger partial charge in [-0.05, 0) is 43.3 Å². The third kappa shape index (κ3) is 4.36. The summed E-state index contributed by atoms with van der Waals surface area (Å²) in [6.45, 7) is 2.59. The molecule has 0 aliphatic carbocycles. The van der Waals surface area contributed by atoms with Crippen molar-refractivity contribution in [1.29, 1.82) is 0 Å². The molecule has 0 N–H and O–H groups in total. The van der Waals surface area contributed by atoms with Gasteiger partial charge in [0.15, 0.2) is 5.76 Å². The van der Waals surface area contributed by atoms with Crippen molar-refractivity contribution in [3.63, 3.8) is 0 Å². The Balaban J connectivity index is 1.53. The second-order valence-electron chi connectivity index (χ2n) is 8.11. The number of hydrogen-bond donors (Lipinski definition) is 0. The minimum absolute atomic E-state index is 0.356. The first-order valence-corrected chi connectivity index (χ1v) is 12.6. The first-order chi connectivity index (χ1) is 18.2. The van der Waals surface area contributed by atoms with Crippen LogP contribution in [-0.2, 0) is 0 Å². The van der Waals surface area contributed by atoms with Crippen molar-refractivity contribution >= 4 is 28.5 Å². The van der Waals surface area contributed by atoms with E-state index in [1.807, 2.05) is 79.2 Å². The van der Waals surface area contributed by atoms with Crippen molar-refractivity contribution in [3.8, 4) is 28.4 Å². The minimum Gasteiger partial charge on any atom is -0.463 e. The van der Waals surface area contributed by atoms with Crippen molar-refractivity contribution < 1.29 is 8.83 Å². The Morgan fingerprint density at radius 3 is 2.70 bits per heavy atom. The van der Waals surface area contributed by atoms with E-state index >= 15 is 0 Å². The van der Waals surface area contributed by atoms with E-state index in [-0.39, 0.29) is 0 Å². The van der Waals surface area contributed by atoms with E-state index in [1.165, 1.54) is 11.3 Å². The van der Waals surface area contributed by atoms with Crippen LogP contribution in [0.3, 0.4) is 0 Å². The molecular formula is C28H21N5O3S. The quantitative estimate of drug-likeness (QED) is 0.218. The van der Waals surface area contributed by atoms with Gasteiger partial charge in [-0.2, -0.15) is 10.2 Å². The number of rotatable bonds is 6. The maximum Gasteiger partial charge on any atom is 0.345 e. The van der Waals surface area contributed by atoms with Gasteiger partial charge in [-0.25, -0.2) is 14.2 Å². The fourth-order valence-corrected chi connectivity index (χ4v) is 4.88. The van der Waals surface area contributed by atoms with Gasteiger partial charge in [-0.3, -0.25) is 4.99 Å². The molecule has 0 atom stereocenters. The molecule has 37 heavy (non-hydrogen) atoms.